The van der Waals surface area contributed by atoms with Crippen LogP contribution in [0.2, 0.25) is 0 Å². The fourth-order valence-corrected chi connectivity index (χ4v) is 3.68. The smallest absolute Gasteiger partial charge is 0.191 e. The van der Waals surface area contributed by atoms with E-state index in [1.54, 1.807) is 0 Å². The van der Waals surface area contributed by atoms with Gasteiger partial charge in [0.25, 0.3) is 0 Å². The lowest BCUT2D eigenvalue weighted by Gasteiger charge is -2.32. The third-order valence-electron chi connectivity index (χ3n) is 5.22. The second-order valence-electron chi connectivity index (χ2n) is 7.49. The van der Waals surface area contributed by atoms with Gasteiger partial charge in [0.1, 0.15) is 0 Å². The van der Waals surface area contributed by atoms with Crippen molar-refractivity contribution >= 4 is 29.9 Å². The summed E-state index contributed by atoms with van der Waals surface area (Å²) >= 11 is 0. The Morgan fingerprint density at radius 2 is 2.17 bits per heavy atom. The lowest BCUT2D eigenvalue weighted by atomic mass is 10.0. The molecule has 3 rings (SSSR count). The third-order valence-corrected chi connectivity index (χ3v) is 5.22. The fourth-order valence-electron chi connectivity index (χ4n) is 3.68. The number of hydrogen-bond acceptors (Lipinski definition) is 5. The molecule has 3 heterocycles. The molecule has 8 heteroatoms. The Balaban J connectivity index is 0.00000300. The van der Waals surface area contributed by atoms with Gasteiger partial charge in [-0.1, -0.05) is 6.07 Å². The number of rotatable bonds is 9. The summed E-state index contributed by atoms with van der Waals surface area (Å²) in [6.07, 6.45) is 6.66. The summed E-state index contributed by atoms with van der Waals surface area (Å²) in [4.78, 5) is 11.6. The molecule has 29 heavy (non-hydrogen) atoms. The van der Waals surface area contributed by atoms with Crippen LogP contribution in [-0.4, -0.2) is 74.0 Å². The van der Waals surface area contributed by atoms with E-state index in [1.807, 2.05) is 12.3 Å². The normalized spacial score (nSPS) is 21.0. The number of nitrogens with one attached hydrogen (secondary N) is 2. The number of likely N-dealkylation sites (tertiary alicyclic amines) is 1. The molecule has 0 saturated carbocycles. The van der Waals surface area contributed by atoms with Gasteiger partial charge in [0.2, 0.25) is 0 Å². The number of aromatic nitrogens is 1. The van der Waals surface area contributed by atoms with Gasteiger partial charge in [0, 0.05) is 45.0 Å². The minimum absolute atomic E-state index is 0. The first kappa shape index (κ1) is 24.3. The SMILES string of the molecule is CCNC(=NCCOCC1CCCO1)NC1CCN(Cc2ccccn2)CC1.I. The van der Waals surface area contributed by atoms with Gasteiger partial charge >= 0.3 is 0 Å². The van der Waals surface area contributed by atoms with Gasteiger partial charge in [-0.25, -0.2) is 0 Å². The minimum Gasteiger partial charge on any atom is -0.377 e. The molecule has 164 valence electrons. The molecular formula is C21H36IN5O2. The molecule has 0 aromatic carbocycles. The second kappa shape index (κ2) is 14.1. The molecule has 0 spiro atoms. The molecule has 2 N–H and O–H groups in total. The highest BCUT2D eigenvalue weighted by Crippen LogP contribution is 2.13. The molecule has 1 aromatic heterocycles. The van der Waals surface area contributed by atoms with Gasteiger partial charge < -0.3 is 20.1 Å². The van der Waals surface area contributed by atoms with E-state index in [-0.39, 0.29) is 30.1 Å². The number of halogens is 1. The van der Waals surface area contributed by atoms with Crippen LogP contribution < -0.4 is 10.6 Å². The number of ether oxygens (including phenoxy) is 2. The largest absolute Gasteiger partial charge is 0.377 e. The lowest BCUT2D eigenvalue weighted by Crippen LogP contribution is -2.48. The fraction of sp³-hybridized carbons (Fsp3) is 0.714. The van der Waals surface area contributed by atoms with Crippen LogP contribution in [0.25, 0.3) is 0 Å². The Hall–Kier alpha value is -0.970. The first-order valence-corrected chi connectivity index (χ1v) is 10.7. The summed E-state index contributed by atoms with van der Waals surface area (Å²) in [5.74, 6) is 0.895. The van der Waals surface area contributed by atoms with Crippen LogP contribution in [0.3, 0.4) is 0 Å². The second-order valence-corrected chi connectivity index (χ2v) is 7.49. The van der Waals surface area contributed by atoms with Gasteiger partial charge in [-0.3, -0.25) is 14.9 Å². The topological polar surface area (TPSA) is 71.0 Å². The summed E-state index contributed by atoms with van der Waals surface area (Å²) in [5.41, 5.74) is 1.15. The zero-order valence-electron chi connectivity index (χ0n) is 17.5. The van der Waals surface area contributed by atoms with Crippen LogP contribution in [0.5, 0.6) is 0 Å². The van der Waals surface area contributed by atoms with Gasteiger partial charge in [0.15, 0.2) is 5.96 Å². The minimum atomic E-state index is 0. The van der Waals surface area contributed by atoms with Crippen molar-refractivity contribution in [3.63, 3.8) is 0 Å². The molecule has 0 radical (unpaired) electrons. The van der Waals surface area contributed by atoms with Crippen molar-refractivity contribution in [1.29, 1.82) is 0 Å². The van der Waals surface area contributed by atoms with E-state index in [2.05, 4.69) is 44.6 Å². The standard InChI is InChI=1S/C21H35N5O2.HI/c1-2-22-21(24-11-15-27-17-20-7-5-14-28-20)25-18-8-12-26(13-9-18)16-19-6-3-4-10-23-19;/h3-4,6,10,18,20H,2,5,7-9,11-17H2,1H3,(H2,22,24,25);1H. The van der Waals surface area contributed by atoms with E-state index in [9.17, 15) is 0 Å². The highest BCUT2D eigenvalue weighted by atomic mass is 127. The van der Waals surface area contributed by atoms with Crippen molar-refractivity contribution in [1.82, 2.24) is 20.5 Å². The monoisotopic (exact) mass is 517 g/mol. The van der Waals surface area contributed by atoms with Crippen molar-refractivity contribution in [3.05, 3.63) is 30.1 Å². The first-order valence-electron chi connectivity index (χ1n) is 10.7. The predicted molar refractivity (Wildman–Crippen MR) is 127 cm³/mol. The Kier molecular flexibility index (Phi) is 11.8. The Morgan fingerprint density at radius 1 is 1.31 bits per heavy atom. The molecule has 2 saturated heterocycles. The van der Waals surface area contributed by atoms with Crippen LogP contribution in [0.15, 0.2) is 29.4 Å². The molecule has 0 bridgehead atoms. The van der Waals surface area contributed by atoms with Crippen molar-refractivity contribution in [3.8, 4) is 0 Å². The summed E-state index contributed by atoms with van der Waals surface area (Å²) in [6, 6.07) is 6.58. The maximum atomic E-state index is 5.71. The van der Waals surface area contributed by atoms with Crippen LogP contribution in [0, 0.1) is 0 Å². The van der Waals surface area contributed by atoms with Gasteiger partial charge in [-0.15, -0.1) is 24.0 Å². The summed E-state index contributed by atoms with van der Waals surface area (Å²) in [6.45, 7) is 8.93. The number of nitrogens with zero attached hydrogens (tertiary/aromatic N) is 3. The number of hydrogen-bond donors (Lipinski definition) is 2. The van der Waals surface area contributed by atoms with E-state index < -0.39 is 0 Å². The van der Waals surface area contributed by atoms with Crippen LogP contribution in [0.1, 0.15) is 38.3 Å². The van der Waals surface area contributed by atoms with Crippen LogP contribution in [0.4, 0.5) is 0 Å². The summed E-state index contributed by atoms with van der Waals surface area (Å²) in [5, 5.41) is 6.94. The Morgan fingerprint density at radius 3 is 2.86 bits per heavy atom. The van der Waals surface area contributed by atoms with E-state index in [1.165, 1.54) is 0 Å². The zero-order valence-corrected chi connectivity index (χ0v) is 19.8. The number of guanidine groups is 1. The van der Waals surface area contributed by atoms with Crippen LogP contribution in [-0.2, 0) is 16.0 Å². The van der Waals surface area contributed by atoms with Gasteiger partial charge in [-0.2, -0.15) is 0 Å². The van der Waals surface area contributed by atoms with Crippen LogP contribution >= 0.6 is 24.0 Å². The molecule has 0 aliphatic carbocycles. The highest BCUT2D eigenvalue weighted by molar-refractivity contribution is 14.0. The molecule has 2 aliphatic heterocycles. The molecule has 2 aliphatic rings. The van der Waals surface area contributed by atoms with Gasteiger partial charge in [0.05, 0.1) is 31.6 Å². The van der Waals surface area contributed by atoms with E-state index >= 15 is 0 Å². The molecule has 1 aromatic rings. The van der Waals surface area contributed by atoms with Crippen molar-refractivity contribution in [2.24, 2.45) is 4.99 Å². The molecular weight excluding hydrogens is 481 g/mol. The van der Waals surface area contributed by atoms with E-state index in [0.717, 1.165) is 70.1 Å². The maximum Gasteiger partial charge on any atom is 0.191 e. The van der Waals surface area contributed by atoms with Crippen molar-refractivity contribution in [2.45, 2.75) is 51.3 Å². The Labute approximate surface area is 192 Å². The van der Waals surface area contributed by atoms with Gasteiger partial charge in [-0.05, 0) is 44.7 Å². The summed E-state index contributed by atoms with van der Waals surface area (Å²) in [7, 11) is 0. The molecule has 2 fully saturated rings. The lowest BCUT2D eigenvalue weighted by molar-refractivity contribution is 0.0200. The molecule has 0 amide bonds. The average Bonchev–Trinajstić information content (AvgIpc) is 3.24. The molecule has 7 nitrogen and oxygen atoms in total. The number of aliphatic imine (C=N–C) groups is 1. The quantitative estimate of drug-likeness (QED) is 0.227. The van der Waals surface area contributed by atoms with E-state index in [4.69, 9.17) is 9.47 Å². The maximum absolute atomic E-state index is 5.71. The summed E-state index contributed by atoms with van der Waals surface area (Å²) < 4.78 is 11.3. The Bertz CT molecular complexity index is 576. The van der Waals surface area contributed by atoms with Crippen molar-refractivity contribution in [2.75, 3.05) is 46.0 Å². The van der Waals surface area contributed by atoms with Crippen molar-refractivity contribution < 1.29 is 9.47 Å². The zero-order chi connectivity index (χ0) is 19.4. The number of piperidine rings is 1. The average molecular weight is 517 g/mol. The predicted octanol–water partition coefficient (Wildman–Crippen LogP) is 2.41. The first-order chi connectivity index (χ1) is 13.8. The van der Waals surface area contributed by atoms with E-state index in [0.29, 0.717) is 25.8 Å². The molecule has 1 unspecified atom stereocenters. The number of pyridine rings is 1. The third kappa shape index (κ3) is 9.15. The molecule has 1 atom stereocenters. The highest BCUT2D eigenvalue weighted by Gasteiger charge is 2.20.